The van der Waals surface area contributed by atoms with E-state index in [0.29, 0.717) is 11.3 Å². The van der Waals surface area contributed by atoms with Gasteiger partial charge in [-0.15, -0.1) is 11.6 Å². The van der Waals surface area contributed by atoms with Crippen LogP contribution in [0.1, 0.15) is 15.9 Å². The Balaban J connectivity index is 2.29. The molecule has 0 aliphatic heterocycles. The molecule has 2 N–H and O–H groups in total. The van der Waals surface area contributed by atoms with Gasteiger partial charge in [0.1, 0.15) is 5.82 Å². The van der Waals surface area contributed by atoms with Gasteiger partial charge in [-0.1, -0.05) is 30.3 Å². The zero-order chi connectivity index (χ0) is 15.2. The molecule has 2 aromatic rings. The first-order chi connectivity index (χ1) is 10.1. The van der Waals surface area contributed by atoms with E-state index in [1.165, 1.54) is 18.2 Å². The Bertz CT molecular complexity index is 619. The molecule has 0 fully saturated rings. The number of anilines is 1. The molecule has 2 aromatic carbocycles. The highest BCUT2D eigenvalue weighted by atomic mass is 35.5. The summed E-state index contributed by atoms with van der Waals surface area (Å²) in [5.74, 6) is -0.688. The smallest absolute Gasteiger partial charge is 0.195 e. The SMILES string of the molecule is O=C(c1ccccc1)c1cc(F)ccc1NCC(O)CCl. The van der Waals surface area contributed by atoms with Gasteiger partial charge in [-0.05, 0) is 18.2 Å². The van der Waals surface area contributed by atoms with Gasteiger partial charge < -0.3 is 10.4 Å². The van der Waals surface area contributed by atoms with E-state index in [9.17, 15) is 14.3 Å². The lowest BCUT2D eigenvalue weighted by Crippen LogP contribution is -2.22. The van der Waals surface area contributed by atoms with Crippen molar-refractivity contribution >= 4 is 23.1 Å². The van der Waals surface area contributed by atoms with Crippen LogP contribution in [0.3, 0.4) is 0 Å². The van der Waals surface area contributed by atoms with Crippen molar-refractivity contribution in [2.24, 2.45) is 0 Å². The molecular weight excluding hydrogens is 293 g/mol. The molecule has 0 bridgehead atoms. The maximum atomic E-state index is 13.4. The number of carbonyl (C=O) groups is 1. The van der Waals surface area contributed by atoms with E-state index in [4.69, 9.17) is 11.6 Å². The predicted octanol–water partition coefficient (Wildman–Crippen LogP) is 3.07. The summed E-state index contributed by atoms with van der Waals surface area (Å²) in [6, 6.07) is 12.6. The molecule has 0 aromatic heterocycles. The molecule has 3 nitrogen and oxygen atoms in total. The number of carbonyl (C=O) groups excluding carboxylic acids is 1. The van der Waals surface area contributed by atoms with Crippen LogP contribution in [-0.2, 0) is 0 Å². The highest BCUT2D eigenvalue weighted by molar-refractivity contribution is 6.18. The van der Waals surface area contributed by atoms with Gasteiger partial charge in [0.05, 0.1) is 12.0 Å². The second kappa shape index (κ2) is 7.20. The molecule has 110 valence electrons. The topological polar surface area (TPSA) is 49.3 Å². The van der Waals surface area contributed by atoms with E-state index in [2.05, 4.69) is 5.32 Å². The predicted molar refractivity (Wildman–Crippen MR) is 81.5 cm³/mol. The minimum atomic E-state index is -0.739. The third-order valence-electron chi connectivity index (χ3n) is 2.97. The van der Waals surface area contributed by atoms with Crippen molar-refractivity contribution in [3.63, 3.8) is 0 Å². The molecule has 1 unspecified atom stereocenters. The van der Waals surface area contributed by atoms with Gasteiger partial charge in [0, 0.05) is 23.4 Å². The van der Waals surface area contributed by atoms with Crippen LogP contribution in [0.15, 0.2) is 48.5 Å². The number of rotatable bonds is 6. The third kappa shape index (κ3) is 4.03. The zero-order valence-corrected chi connectivity index (χ0v) is 12.0. The molecule has 0 aliphatic rings. The summed E-state index contributed by atoms with van der Waals surface area (Å²) in [6.07, 6.45) is -0.739. The van der Waals surface area contributed by atoms with Crippen LogP contribution in [0.5, 0.6) is 0 Å². The summed E-state index contributed by atoms with van der Waals surface area (Å²) in [5.41, 5.74) is 1.17. The van der Waals surface area contributed by atoms with Gasteiger partial charge in [0.25, 0.3) is 0 Å². The minimum absolute atomic E-state index is 0.0795. The van der Waals surface area contributed by atoms with Crippen LogP contribution in [0.25, 0.3) is 0 Å². The van der Waals surface area contributed by atoms with Gasteiger partial charge in [-0.25, -0.2) is 4.39 Å². The first-order valence-corrected chi connectivity index (χ1v) is 7.02. The van der Waals surface area contributed by atoms with E-state index >= 15 is 0 Å². The van der Waals surface area contributed by atoms with Crippen LogP contribution in [0, 0.1) is 5.82 Å². The molecule has 2 rings (SSSR count). The number of alkyl halides is 1. The Labute approximate surface area is 127 Å². The Morgan fingerprint density at radius 2 is 1.95 bits per heavy atom. The van der Waals surface area contributed by atoms with Crippen molar-refractivity contribution in [2.45, 2.75) is 6.10 Å². The second-order valence-electron chi connectivity index (χ2n) is 4.57. The van der Waals surface area contributed by atoms with Crippen LogP contribution in [0.2, 0.25) is 0 Å². The number of aliphatic hydroxyl groups is 1. The van der Waals surface area contributed by atoms with Crippen molar-refractivity contribution in [3.8, 4) is 0 Å². The molecule has 0 aliphatic carbocycles. The molecule has 0 spiro atoms. The van der Waals surface area contributed by atoms with Gasteiger partial charge in [0.15, 0.2) is 5.78 Å². The highest BCUT2D eigenvalue weighted by Crippen LogP contribution is 2.21. The number of hydrogen-bond donors (Lipinski definition) is 2. The van der Waals surface area contributed by atoms with E-state index in [1.54, 1.807) is 30.3 Å². The lowest BCUT2D eigenvalue weighted by Gasteiger charge is -2.13. The third-order valence-corrected chi connectivity index (χ3v) is 3.32. The first kappa shape index (κ1) is 15.5. The average molecular weight is 308 g/mol. The van der Waals surface area contributed by atoms with Crippen molar-refractivity contribution < 1.29 is 14.3 Å². The molecule has 5 heteroatoms. The maximum absolute atomic E-state index is 13.4. The molecule has 1 atom stereocenters. The molecule has 21 heavy (non-hydrogen) atoms. The fourth-order valence-corrected chi connectivity index (χ4v) is 1.99. The van der Waals surface area contributed by atoms with Gasteiger partial charge in [-0.3, -0.25) is 4.79 Å². The molecular formula is C16H15ClFNO2. The van der Waals surface area contributed by atoms with Crippen molar-refractivity contribution in [2.75, 3.05) is 17.7 Å². The summed E-state index contributed by atoms with van der Waals surface area (Å²) in [6.45, 7) is 0.185. The fourth-order valence-electron chi connectivity index (χ4n) is 1.89. The molecule has 0 saturated heterocycles. The van der Waals surface area contributed by atoms with E-state index in [1.807, 2.05) is 0 Å². The number of nitrogens with one attached hydrogen (secondary N) is 1. The monoisotopic (exact) mass is 307 g/mol. The Hall–Kier alpha value is -1.91. The van der Waals surface area contributed by atoms with Crippen LogP contribution in [-0.4, -0.2) is 29.4 Å². The van der Waals surface area contributed by atoms with Crippen LogP contribution >= 0.6 is 11.6 Å². The van der Waals surface area contributed by atoms with E-state index in [-0.39, 0.29) is 23.8 Å². The summed E-state index contributed by atoms with van der Waals surface area (Å²) in [7, 11) is 0. The number of halogens is 2. The Kier molecular flexibility index (Phi) is 5.31. The molecule has 0 saturated carbocycles. The zero-order valence-electron chi connectivity index (χ0n) is 11.2. The summed E-state index contributed by atoms with van der Waals surface area (Å²) in [4.78, 5) is 12.4. The van der Waals surface area contributed by atoms with Crippen LogP contribution in [0.4, 0.5) is 10.1 Å². The molecule has 0 heterocycles. The number of hydrogen-bond acceptors (Lipinski definition) is 3. The van der Waals surface area contributed by atoms with E-state index < -0.39 is 11.9 Å². The summed E-state index contributed by atoms with van der Waals surface area (Å²) < 4.78 is 13.4. The standard InChI is InChI=1S/C16H15ClFNO2/c17-9-13(20)10-19-15-7-6-12(18)8-14(15)16(21)11-4-2-1-3-5-11/h1-8,13,19-20H,9-10H2. The highest BCUT2D eigenvalue weighted by Gasteiger charge is 2.15. The van der Waals surface area contributed by atoms with Crippen molar-refractivity contribution in [1.82, 2.24) is 0 Å². The lowest BCUT2D eigenvalue weighted by atomic mass is 10.0. The lowest BCUT2D eigenvalue weighted by molar-refractivity contribution is 0.103. The van der Waals surface area contributed by atoms with Crippen molar-refractivity contribution in [3.05, 3.63) is 65.5 Å². The average Bonchev–Trinajstić information content (AvgIpc) is 2.53. The van der Waals surface area contributed by atoms with Crippen molar-refractivity contribution in [1.29, 1.82) is 0 Å². The Morgan fingerprint density at radius 1 is 1.24 bits per heavy atom. The van der Waals surface area contributed by atoms with Gasteiger partial charge >= 0.3 is 0 Å². The second-order valence-corrected chi connectivity index (χ2v) is 4.88. The number of benzene rings is 2. The van der Waals surface area contributed by atoms with Gasteiger partial charge in [-0.2, -0.15) is 0 Å². The molecule has 0 radical (unpaired) electrons. The minimum Gasteiger partial charge on any atom is -0.390 e. The first-order valence-electron chi connectivity index (χ1n) is 6.49. The maximum Gasteiger partial charge on any atom is 0.195 e. The fraction of sp³-hybridized carbons (Fsp3) is 0.188. The number of ketones is 1. The van der Waals surface area contributed by atoms with Gasteiger partial charge in [0.2, 0.25) is 0 Å². The quantitative estimate of drug-likeness (QED) is 0.637. The summed E-state index contributed by atoms with van der Waals surface area (Å²) in [5, 5.41) is 12.4. The summed E-state index contributed by atoms with van der Waals surface area (Å²) >= 11 is 5.52. The van der Waals surface area contributed by atoms with E-state index in [0.717, 1.165) is 0 Å². The normalized spacial score (nSPS) is 12.0. The number of aliphatic hydroxyl groups excluding tert-OH is 1. The Morgan fingerprint density at radius 3 is 2.62 bits per heavy atom. The largest absolute Gasteiger partial charge is 0.390 e. The molecule has 0 amide bonds. The van der Waals surface area contributed by atoms with Crippen LogP contribution < -0.4 is 5.32 Å².